The first kappa shape index (κ1) is 12.6. The van der Waals surface area contributed by atoms with E-state index in [2.05, 4.69) is 10.4 Å². The minimum atomic E-state index is -4.66. The van der Waals surface area contributed by atoms with Gasteiger partial charge in [0.2, 0.25) is 0 Å². The first-order valence-electron chi connectivity index (χ1n) is 4.97. The fourth-order valence-electron chi connectivity index (χ4n) is 1.69. The molecule has 1 aromatic carbocycles. The normalized spacial score (nSPS) is 11.9. The topological polar surface area (TPSA) is 50.9 Å². The second-order valence-electron chi connectivity index (χ2n) is 3.84. The van der Waals surface area contributed by atoms with Crippen molar-refractivity contribution >= 4 is 16.6 Å². The molecule has 0 aliphatic rings. The van der Waals surface area contributed by atoms with E-state index in [-0.39, 0.29) is 16.6 Å². The molecule has 0 bridgehead atoms. The number of aromatic nitrogens is 1. The molecule has 0 amide bonds. The molecule has 96 valence electrons. The number of hydrazine groups is 1. The molecule has 0 saturated carbocycles. The molecule has 3 nitrogen and oxygen atoms in total. The van der Waals surface area contributed by atoms with Gasteiger partial charge in [-0.15, -0.1) is 0 Å². The molecular formula is C11H9F4N3. The van der Waals surface area contributed by atoms with Gasteiger partial charge in [0, 0.05) is 5.39 Å². The van der Waals surface area contributed by atoms with Crippen LogP contribution >= 0.6 is 0 Å². The maximum Gasteiger partial charge on any atom is 0.433 e. The maximum atomic E-state index is 13.6. The van der Waals surface area contributed by atoms with Crippen molar-refractivity contribution < 1.29 is 17.6 Å². The number of nitrogen functional groups attached to an aromatic ring is 1. The Hall–Kier alpha value is -1.89. The summed E-state index contributed by atoms with van der Waals surface area (Å²) in [6.07, 6.45) is -4.66. The molecule has 0 unspecified atom stereocenters. The van der Waals surface area contributed by atoms with Crippen LogP contribution in [0.1, 0.15) is 11.3 Å². The molecule has 3 N–H and O–H groups in total. The predicted molar refractivity (Wildman–Crippen MR) is 59.3 cm³/mol. The van der Waals surface area contributed by atoms with Gasteiger partial charge in [-0.05, 0) is 30.7 Å². The number of benzene rings is 1. The molecule has 1 heterocycles. The average Bonchev–Trinajstić information content (AvgIpc) is 2.26. The van der Waals surface area contributed by atoms with Crippen molar-refractivity contribution in [3.05, 3.63) is 35.3 Å². The number of pyridine rings is 1. The number of hydrogen-bond acceptors (Lipinski definition) is 3. The molecule has 7 heteroatoms. The van der Waals surface area contributed by atoms with Crippen LogP contribution in [-0.4, -0.2) is 4.98 Å². The van der Waals surface area contributed by atoms with Gasteiger partial charge in [-0.1, -0.05) is 0 Å². The third-order valence-electron chi connectivity index (χ3n) is 2.46. The van der Waals surface area contributed by atoms with Crippen molar-refractivity contribution in [1.82, 2.24) is 4.98 Å². The van der Waals surface area contributed by atoms with Gasteiger partial charge in [0.05, 0.1) is 5.69 Å². The number of rotatable bonds is 1. The summed E-state index contributed by atoms with van der Waals surface area (Å²) in [5.41, 5.74) is 1.13. The van der Waals surface area contributed by atoms with Gasteiger partial charge in [-0.3, -0.25) is 5.84 Å². The van der Waals surface area contributed by atoms with E-state index in [4.69, 9.17) is 5.84 Å². The van der Waals surface area contributed by atoms with E-state index >= 15 is 0 Å². The Bertz CT molecular complexity index is 607. The lowest BCUT2D eigenvalue weighted by Gasteiger charge is -2.12. The molecule has 1 aromatic heterocycles. The number of halogens is 4. The van der Waals surface area contributed by atoms with Crippen LogP contribution < -0.4 is 11.3 Å². The van der Waals surface area contributed by atoms with Crippen molar-refractivity contribution in [3.8, 4) is 0 Å². The fourth-order valence-corrected chi connectivity index (χ4v) is 1.69. The Balaban J connectivity index is 2.84. The van der Waals surface area contributed by atoms with Crippen molar-refractivity contribution in [1.29, 1.82) is 0 Å². The Morgan fingerprint density at radius 1 is 1.22 bits per heavy atom. The largest absolute Gasteiger partial charge is 0.433 e. The number of nitrogens with zero attached hydrogens (tertiary/aromatic N) is 1. The van der Waals surface area contributed by atoms with Gasteiger partial charge in [0.15, 0.2) is 0 Å². The highest BCUT2D eigenvalue weighted by Crippen LogP contribution is 2.33. The van der Waals surface area contributed by atoms with Crippen LogP contribution in [0.2, 0.25) is 0 Å². The first-order chi connectivity index (χ1) is 8.32. The molecule has 0 atom stereocenters. The summed E-state index contributed by atoms with van der Waals surface area (Å²) in [6.45, 7) is 1.63. The summed E-state index contributed by atoms with van der Waals surface area (Å²) in [5, 5.41) is 0.211. The van der Waals surface area contributed by atoms with Gasteiger partial charge >= 0.3 is 6.18 Å². The van der Waals surface area contributed by atoms with Crippen molar-refractivity contribution in [2.24, 2.45) is 5.84 Å². The van der Waals surface area contributed by atoms with Gasteiger partial charge in [-0.2, -0.15) is 13.2 Å². The molecule has 0 aliphatic carbocycles. The van der Waals surface area contributed by atoms with Crippen LogP contribution in [0, 0.1) is 12.7 Å². The first-order valence-corrected chi connectivity index (χ1v) is 4.97. The van der Waals surface area contributed by atoms with E-state index in [1.54, 1.807) is 6.92 Å². The summed E-state index contributed by atoms with van der Waals surface area (Å²) >= 11 is 0. The second-order valence-corrected chi connectivity index (χ2v) is 3.84. The fraction of sp³-hybridized carbons (Fsp3) is 0.182. The standard InChI is InChI=1S/C11H9F4N3/c1-5-2-6-8(18-16)4-9(11(13,14)15)17-10(6)7(12)3-5/h2-4H,16H2,1H3,(H,17,18). The molecule has 2 rings (SSSR count). The third-order valence-corrected chi connectivity index (χ3v) is 2.46. The van der Waals surface area contributed by atoms with E-state index < -0.39 is 17.7 Å². The maximum absolute atomic E-state index is 13.6. The van der Waals surface area contributed by atoms with Crippen LogP contribution in [-0.2, 0) is 6.18 Å². The predicted octanol–water partition coefficient (Wildman–Crippen LogP) is 2.99. The molecule has 0 fully saturated rings. The van der Waals surface area contributed by atoms with Gasteiger partial charge in [0.1, 0.15) is 17.0 Å². The average molecular weight is 259 g/mol. The zero-order valence-electron chi connectivity index (χ0n) is 9.27. The quantitative estimate of drug-likeness (QED) is 0.470. The van der Waals surface area contributed by atoms with Crippen LogP contribution in [0.5, 0.6) is 0 Å². The Kier molecular flexibility index (Phi) is 2.86. The Labute approximate surface area is 99.6 Å². The molecule has 0 spiro atoms. The Morgan fingerprint density at radius 3 is 2.44 bits per heavy atom. The Morgan fingerprint density at radius 2 is 1.89 bits per heavy atom. The van der Waals surface area contributed by atoms with Crippen LogP contribution in [0.3, 0.4) is 0 Å². The number of nitrogens with two attached hydrogens (primary N) is 1. The number of nitrogens with one attached hydrogen (secondary N) is 1. The third kappa shape index (κ3) is 2.08. The summed E-state index contributed by atoms with van der Waals surface area (Å²) in [4.78, 5) is 3.30. The van der Waals surface area contributed by atoms with Crippen molar-refractivity contribution in [2.75, 3.05) is 5.43 Å². The second kappa shape index (κ2) is 4.09. The van der Waals surface area contributed by atoms with E-state index in [1.165, 1.54) is 6.07 Å². The van der Waals surface area contributed by atoms with Crippen LogP contribution in [0.4, 0.5) is 23.2 Å². The molecular weight excluding hydrogens is 250 g/mol. The van der Waals surface area contributed by atoms with Gasteiger partial charge in [-0.25, -0.2) is 9.37 Å². The summed E-state index contributed by atoms with van der Waals surface area (Å²) in [5.74, 6) is 4.35. The highest BCUT2D eigenvalue weighted by atomic mass is 19.4. The lowest BCUT2D eigenvalue weighted by Crippen LogP contribution is -2.13. The van der Waals surface area contributed by atoms with Crippen LogP contribution in [0.15, 0.2) is 18.2 Å². The van der Waals surface area contributed by atoms with Gasteiger partial charge < -0.3 is 5.43 Å². The highest BCUT2D eigenvalue weighted by molar-refractivity contribution is 5.92. The molecule has 0 aliphatic heterocycles. The lowest BCUT2D eigenvalue weighted by molar-refractivity contribution is -0.140. The molecule has 2 aromatic rings. The summed E-state index contributed by atoms with van der Waals surface area (Å²) in [7, 11) is 0. The number of anilines is 1. The van der Waals surface area contributed by atoms with E-state index in [9.17, 15) is 17.6 Å². The number of fused-ring (bicyclic) bond motifs is 1. The van der Waals surface area contributed by atoms with E-state index in [0.717, 1.165) is 12.1 Å². The minimum absolute atomic E-state index is 0.0186. The van der Waals surface area contributed by atoms with Crippen molar-refractivity contribution in [2.45, 2.75) is 13.1 Å². The smallest absolute Gasteiger partial charge is 0.323 e. The van der Waals surface area contributed by atoms with E-state index in [0.29, 0.717) is 5.56 Å². The monoisotopic (exact) mass is 259 g/mol. The number of aryl methyl sites for hydroxylation is 1. The van der Waals surface area contributed by atoms with Crippen LogP contribution in [0.25, 0.3) is 10.9 Å². The molecule has 0 radical (unpaired) electrons. The summed E-state index contributed by atoms with van der Waals surface area (Å²) in [6, 6.07) is 3.39. The van der Waals surface area contributed by atoms with E-state index in [1.807, 2.05) is 0 Å². The molecule has 0 saturated heterocycles. The lowest BCUT2D eigenvalue weighted by atomic mass is 10.1. The zero-order chi connectivity index (χ0) is 13.5. The SMILES string of the molecule is Cc1cc(F)c2nc(C(F)(F)F)cc(NN)c2c1. The summed E-state index contributed by atoms with van der Waals surface area (Å²) < 4.78 is 51.4. The minimum Gasteiger partial charge on any atom is -0.323 e. The van der Waals surface area contributed by atoms with Crippen molar-refractivity contribution in [3.63, 3.8) is 0 Å². The van der Waals surface area contributed by atoms with Gasteiger partial charge in [0.25, 0.3) is 0 Å². The number of alkyl halides is 3. The number of hydrogen-bond donors (Lipinski definition) is 2. The highest BCUT2D eigenvalue weighted by Gasteiger charge is 2.33. The molecule has 18 heavy (non-hydrogen) atoms. The zero-order valence-corrected chi connectivity index (χ0v) is 9.27.